The summed E-state index contributed by atoms with van der Waals surface area (Å²) in [6.07, 6.45) is 1.41. The van der Waals surface area contributed by atoms with Crippen molar-refractivity contribution in [3.8, 4) is 28.3 Å². The standard InChI is InChI=1S/C36H39Cl2N7O3/c1-5-30(46)45-20-36(21-45)18-44(19-36)16-22-12-13-26(41-35(22)48-4)25-10-6-8-23(31(25)37)24-9-7-11-27(32(24)38)40-34(47)33-39-28-17-42(2)15-14-29(28)43(33)3/h6-13H,5,14-21H2,1-4H3,(H,40,47). The minimum Gasteiger partial charge on any atom is -0.481 e. The lowest BCUT2D eigenvalue weighted by atomic mass is 9.72. The first-order valence-electron chi connectivity index (χ1n) is 16.3. The Kier molecular flexibility index (Phi) is 8.70. The highest BCUT2D eigenvalue weighted by Crippen LogP contribution is 2.43. The largest absolute Gasteiger partial charge is 0.481 e. The molecule has 5 heterocycles. The molecule has 2 fully saturated rings. The van der Waals surface area contributed by atoms with Crippen LogP contribution in [0.3, 0.4) is 0 Å². The Morgan fingerprint density at radius 2 is 1.65 bits per heavy atom. The predicted octanol–water partition coefficient (Wildman–Crippen LogP) is 5.76. The van der Waals surface area contributed by atoms with Crippen molar-refractivity contribution < 1.29 is 14.3 Å². The van der Waals surface area contributed by atoms with E-state index in [1.165, 1.54) is 0 Å². The van der Waals surface area contributed by atoms with Crippen molar-refractivity contribution in [2.75, 3.05) is 52.2 Å². The monoisotopic (exact) mass is 687 g/mol. The summed E-state index contributed by atoms with van der Waals surface area (Å²) in [6, 6.07) is 15.3. The first-order chi connectivity index (χ1) is 23.1. The van der Waals surface area contributed by atoms with Gasteiger partial charge in [0.05, 0.1) is 34.2 Å². The normalized spacial score (nSPS) is 17.1. The lowest BCUT2D eigenvalue weighted by molar-refractivity contribution is -0.159. The number of aromatic nitrogens is 3. The molecular weight excluding hydrogens is 649 g/mol. The second-order valence-electron chi connectivity index (χ2n) is 13.3. The number of halogens is 2. The number of pyridine rings is 1. The molecule has 2 saturated heterocycles. The van der Waals surface area contributed by atoms with Gasteiger partial charge in [0.2, 0.25) is 11.8 Å². The lowest BCUT2D eigenvalue weighted by Crippen LogP contribution is -2.72. The van der Waals surface area contributed by atoms with Crippen molar-refractivity contribution >= 4 is 40.7 Å². The van der Waals surface area contributed by atoms with Gasteiger partial charge in [0.15, 0.2) is 5.82 Å². The number of nitrogens with one attached hydrogen (secondary N) is 1. The lowest BCUT2D eigenvalue weighted by Gasteiger charge is -2.60. The number of fused-ring (bicyclic) bond motifs is 1. The maximum absolute atomic E-state index is 13.4. The molecule has 2 aromatic carbocycles. The van der Waals surface area contributed by atoms with E-state index in [1.54, 1.807) is 13.2 Å². The van der Waals surface area contributed by atoms with Crippen LogP contribution in [0.15, 0.2) is 48.5 Å². The van der Waals surface area contributed by atoms with Crippen LogP contribution in [0.1, 0.15) is 40.9 Å². The maximum Gasteiger partial charge on any atom is 0.291 e. The molecule has 10 nitrogen and oxygen atoms in total. The van der Waals surface area contributed by atoms with Crippen LogP contribution < -0.4 is 10.1 Å². The van der Waals surface area contributed by atoms with E-state index in [-0.39, 0.29) is 17.2 Å². The van der Waals surface area contributed by atoms with Gasteiger partial charge < -0.3 is 24.4 Å². The third kappa shape index (κ3) is 5.85. The van der Waals surface area contributed by atoms with Crippen LogP contribution in [-0.2, 0) is 31.4 Å². The van der Waals surface area contributed by atoms with Crippen molar-refractivity contribution in [2.45, 2.75) is 32.9 Å². The molecular formula is C36H39Cl2N7O3. The number of amides is 2. The molecule has 3 aliphatic heterocycles. The molecule has 12 heteroatoms. The second kappa shape index (κ2) is 12.8. The van der Waals surface area contributed by atoms with Crippen LogP contribution in [0.4, 0.5) is 5.69 Å². The highest BCUT2D eigenvalue weighted by molar-refractivity contribution is 6.39. The molecule has 3 aliphatic rings. The number of imidazole rings is 1. The molecule has 2 amide bonds. The number of carbonyl (C=O) groups excluding carboxylic acids is 2. The van der Waals surface area contributed by atoms with E-state index in [9.17, 15) is 9.59 Å². The Hall–Kier alpha value is -3.96. The van der Waals surface area contributed by atoms with E-state index in [0.717, 1.165) is 73.8 Å². The number of hydrogen-bond acceptors (Lipinski definition) is 7. The average Bonchev–Trinajstić information content (AvgIpc) is 3.37. The first-order valence-corrected chi connectivity index (χ1v) is 17.0. The zero-order valence-corrected chi connectivity index (χ0v) is 29.2. The summed E-state index contributed by atoms with van der Waals surface area (Å²) in [6.45, 7) is 7.89. The molecule has 1 spiro atoms. The minimum absolute atomic E-state index is 0.232. The number of rotatable bonds is 8. The molecule has 0 atom stereocenters. The van der Waals surface area contributed by atoms with Crippen LogP contribution in [-0.4, -0.2) is 87.9 Å². The van der Waals surface area contributed by atoms with Crippen LogP contribution in [0.25, 0.3) is 22.4 Å². The van der Waals surface area contributed by atoms with E-state index in [1.807, 2.05) is 65.9 Å². The van der Waals surface area contributed by atoms with Gasteiger partial charge in [0.25, 0.3) is 5.91 Å². The number of nitrogens with zero attached hydrogens (tertiary/aromatic N) is 6. The fourth-order valence-electron chi connectivity index (χ4n) is 7.35. The summed E-state index contributed by atoms with van der Waals surface area (Å²) in [7, 11) is 5.56. The number of anilines is 1. The van der Waals surface area contributed by atoms with Gasteiger partial charge >= 0.3 is 0 Å². The number of ether oxygens (including phenoxy) is 1. The smallest absolute Gasteiger partial charge is 0.291 e. The Morgan fingerprint density at radius 3 is 2.38 bits per heavy atom. The quantitative estimate of drug-likeness (QED) is 0.252. The van der Waals surface area contributed by atoms with Crippen molar-refractivity contribution in [1.29, 1.82) is 0 Å². The van der Waals surface area contributed by atoms with Crippen LogP contribution in [0.5, 0.6) is 5.88 Å². The molecule has 0 bridgehead atoms. The molecule has 48 heavy (non-hydrogen) atoms. The Balaban J connectivity index is 1.08. The Labute approximate surface area is 290 Å². The fraction of sp³-hybridized carbons (Fsp3) is 0.389. The van der Waals surface area contributed by atoms with Gasteiger partial charge in [-0.05, 0) is 19.2 Å². The molecule has 0 aliphatic carbocycles. The second-order valence-corrected chi connectivity index (χ2v) is 14.0. The molecule has 4 aromatic rings. The molecule has 7 rings (SSSR count). The fourth-order valence-corrected chi connectivity index (χ4v) is 7.95. The maximum atomic E-state index is 13.4. The van der Waals surface area contributed by atoms with E-state index < -0.39 is 0 Å². The van der Waals surface area contributed by atoms with E-state index in [0.29, 0.717) is 51.7 Å². The van der Waals surface area contributed by atoms with E-state index in [2.05, 4.69) is 27.1 Å². The zero-order chi connectivity index (χ0) is 33.7. The number of likely N-dealkylation sites (N-methyl/N-ethyl adjacent to an activating group) is 1. The van der Waals surface area contributed by atoms with Crippen LogP contribution in [0.2, 0.25) is 10.0 Å². The zero-order valence-electron chi connectivity index (χ0n) is 27.6. The summed E-state index contributed by atoms with van der Waals surface area (Å²) >= 11 is 14.0. The third-order valence-electron chi connectivity index (χ3n) is 9.81. The molecule has 1 N–H and O–H groups in total. The number of methoxy groups -OCH3 is 1. The summed E-state index contributed by atoms with van der Waals surface area (Å²) in [5, 5.41) is 3.84. The number of hydrogen-bond donors (Lipinski definition) is 1. The third-order valence-corrected chi connectivity index (χ3v) is 10.6. The molecule has 0 saturated carbocycles. The van der Waals surface area contributed by atoms with Gasteiger partial charge in [-0.25, -0.2) is 9.97 Å². The van der Waals surface area contributed by atoms with Gasteiger partial charge in [-0.2, -0.15) is 0 Å². The number of carbonyl (C=O) groups is 2. The minimum atomic E-state index is -0.320. The van der Waals surface area contributed by atoms with Gasteiger partial charge in [-0.3, -0.25) is 14.5 Å². The van der Waals surface area contributed by atoms with Crippen LogP contribution in [0, 0.1) is 5.41 Å². The average molecular weight is 689 g/mol. The first kappa shape index (κ1) is 32.6. The van der Waals surface area contributed by atoms with E-state index in [4.69, 9.17) is 32.9 Å². The number of benzene rings is 2. The highest BCUT2D eigenvalue weighted by Gasteiger charge is 2.52. The summed E-state index contributed by atoms with van der Waals surface area (Å²) < 4.78 is 7.61. The van der Waals surface area contributed by atoms with Crippen molar-refractivity contribution in [3.63, 3.8) is 0 Å². The summed E-state index contributed by atoms with van der Waals surface area (Å²) in [4.78, 5) is 41.4. The van der Waals surface area contributed by atoms with Crippen molar-refractivity contribution in [3.05, 3.63) is 81.4 Å². The Morgan fingerprint density at radius 1 is 0.938 bits per heavy atom. The Bertz CT molecular complexity index is 1910. The molecule has 2 aromatic heterocycles. The van der Waals surface area contributed by atoms with Crippen molar-refractivity contribution in [2.24, 2.45) is 12.5 Å². The SMILES string of the molecule is CCC(=O)N1CC2(CN(Cc3ccc(-c4cccc(-c5cccc(NC(=O)c6nc7c(n6C)CCN(C)C7)c5Cl)c4Cl)nc3OC)C2)C1. The van der Waals surface area contributed by atoms with Crippen molar-refractivity contribution in [1.82, 2.24) is 29.2 Å². The predicted molar refractivity (Wildman–Crippen MR) is 187 cm³/mol. The number of likely N-dealkylation sites (tertiary alicyclic amines) is 2. The highest BCUT2D eigenvalue weighted by atomic mass is 35.5. The topological polar surface area (TPSA) is 95.8 Å². The van der Waals surface area contributed by atoms with Gasteiger partial charge in [0.1, 0.15) is 0 Å². The van der Waals surface area contributed by atoms with E-state index >= 15 is 0 Å². The molecule has 250 valence electrons. The van der Waals surface area contributed by atoms with Gasteiger partial charge in [-0.15, -0.1) is 0 Å². The summed E-state index contributed by atoms with van der Waals surface area (Å²) in [5.41, 5.74) is 6.55. The molecule has 0 radical (unpaired) electrons. The summed E-state index contributed by atoms with van der Waals surface area (Å²) in [5.74, 6) is 0.819. The van der Waals surface area contributed by atoms with Crippen LogP contribution >= 0.6 is 23.2 Å². The van der Waals surface area contributed by atoms with Gasteiger partial charge in [-0.1, -0.05) is 66.5 Å². The van der Waals surface area contributed by atoms with Gasteiger partial charge in [0, 0.05) is 99.1 Å². The molecule has 0 unspecified atom stereocenters.